The molecule has 9 heteroatoms. The number of nitrogens with zero attached hydrogens (tertiary/aromatic N) is 2. The van der Waals surface area contributed by atoms with E-state index in [1.807, 2.05) is 24.3 Å². The predicted molar refractivity (Wildman–Crippen MR) is 122 cm³/mol. The third kappa shape index (κ3) is 5.01. The fraction of sp³-hybridized carbons (Fsp3) is 0.478. The Morgan fingerprint density at radius 3 is 2.47 bits per heavy atom. The number of methoxy groups -OCH3 is 1. The van der Waals surface area contributed by atoms with Crippen LogP contribution in [0, 0.1) is 0 Å². The molecule has 0 saturated carbocycles. The highest BCUT2D eigenvalue weighted by Gasteiger charge is 2.29. The SMILES string of the molecule is CCN1CCN([C@H](CNS(=O)(=O)c2ccc3c(c2)OCCO3)c2ccccc2OC)CC1. The molecule has 8 nitrogen and oxygen atoms in total. The average molecular weight is 462 g/mol. The molecular weight excluding hydrogens is 430 g/mol. The molecule has 0 unspecified atom stereocenters. The van der Waals surface area contributed by atoms with Crippen molar-refractivity contribution < 1.29 is 22.6 Å². The quantitative estimate of drug-likeness (QED) is 0.645. The van der Waals surface area contributed by atoms with Gasteiger partial charge >= 0.3 is 0 Å². The molecule has 174 valence electrons. The summed E-state index contributed by atoms with van der Waals surface area (Å²) in [7, 11) is -2.09. The molecule has 1 fully saturated rings. The van der Waals surface area contributed by atoms with Crippen LogP contribution in [0.4, 0.5) is 0 Å². The first kappa shape index (κ1) is 22.8. The fourth-order valence-electron chi connectivity index (χ4n) is 4.23. The van der Waals surface area contributed by atoms with Crippen molar-refractivity contribution in [1.82, 2.24) is 14.5 Å². The second kappa shape index (κ2) is 10.1. The Hall–Kier alpha value is -2.33. The molecule has 2 aliphatic rings. The van der Waals surface area contributed by atoms with E-state index in [0.29, 0.717) is 24.7 Å². The van der Waals surface area contributed by atoms with Gasteiger partial charge in [0.05, 0.1) is 18.0 Å². The molecular formula is C23H31N3O5S. The zero-order valence-corrected chi connectivity index (χ0v) is 19.4. The third-order valence-corrected chi connectivity index (χ3v) is 7.50. The van der Waals surface area contributed by atoms with Crippen LogP contribution < -0.4 is 18.9 Å². The van der Waals surface area contributed by atoms with E-state index in [4.69, 9.17) is 14.2 Å². The molecule has 0 aromatic heterocycles. The molecule has 4 rings (SSSR count). The number of likely N-dealkylation sites (N-methyl/N-ethyl adjacent to an activating group) is 1. The van der Waals surface area contributed by atoms with Gasteiger partial charge in [-0.15, -0.1) is 0 Å². The molecule has 0 aliphatic carbocycles. The number of fused-ring (bicyclic) bond motifs is 1. The van der Waals surface area contributed by atoms with Gasteiger partial charge in [0.1, 0.15) is 19.0 Å². The van der Waals surface area contributed by atoms with Crippen LogP contribution in [0.2, 0.25) is 0 Å². The van der Waals surface area contributed by atoms with Gasteiger partial charge in [0.25, 0.3) is 0 Å². The maximum Gasteiger partial charge on any atom is 0.240 e. The van der Waals surface area contributed by atoms with Gasteiger partial charge in [-0.3, -0.25) is 4.90 Å². The van der Waals surface area contributed by atoms with Crippen molar-refractivity contribution in [2.24, 2.45) is 0 Å². The lowest BCUT2D eigenvalue weighted by Crippen LogP contribution is -2.49. The molecule has 0 amide bonds. The summed E-state index contributed by atoms with van der Waals surface area (Å²) in [4.78, 5) is 4.89. The zero-order chi connectivity index (χ0) is 22.6. The van der Waals surface area contributed by atoms with Crippen molar-refractivity contribution in [2.45, 2.75) is 17.9 Å². The van der Waals surface area contributed by atoms with Crippen LogP contribution >= 0.6 is 0 Å². The Bertz CT molecular complexity index is 1020. The maximum absolute atomic E-state index is 13.1. The second-order valence-electron chi connectivity index (χ2n) is 7.89. The highest BCUT2D eigenvalue weighted by molar-refractivity contribution is 7.89. The summed E-state index contributed by atoms with van der Waals surface area (Å²) >= 11 is 0. The molecule has 2 aromatic carbocycles. The van der Waals surface area contributed by atoms with Gasteiger partial charge in [0.15, 0.2) is 11.5 Å². The van der Waals surface area contributed by atoms with Crippen LogP contribution in [-0.4, -0.2) is 77.8 Å². The number of hydrogen-bond acceptors (Lipinski definition) is 7. The van der Waals surface area contributed by atoms with Crippen LogP contribution in [0.3, 0.4) is 0 Å². The summed E-state index contributed by atoms with van der Waals surface area (Å²) in [5.41, 5.74) is 0.977. The molecule has 0 radical (unpaired) electrons. The van der Waals surface area contributed by atoms with Crippen molar-refractivity contribution in [3.8, 4) is 17.2 Å². The number of rotatable bonds is 8. The maximum atomic E-state index is 13.1. The minimum absolute atomic E-state index is 0.142. The largest absolute Gasteiger partial charge is 0.496 e. The molecule has 32 heavy (non-hydrogen) atoms. The Morgan fingerprint density at radius 1 is 1.03 bits per heavy atom. The fourth-order valence-corrected chi connectivity index (χ4v) is 5.28. The normalized spacial score (nSPS) is 18.3. The van der Waals surface area contributed by atoms with Crippen LogP contribution in [0.15, 0.2) is 47.4 Å². The zero-order valence-electron chi connectivity index (χ0n) is 18.6. The summed E-state index contributed by atoms with van der Waals surface area (Å²) < 4.78 is 45.7. The van der Waals surface area contributed by atoms with Crippen LogP contribution in [0.5, 0.6) is 17.2 Å². The van der Waals surface area contributed by atoms with E-state index in [2.05, 4.69) is 21.4 Å². The molecule has 2 aliphatic heterocycles. The van der Waals surface area contributed by atoms with E-state index in [9.17, 15) is 8.42 Å². The number of para-hydroxylation sites is 1. The molecule has 0 spiro atoms. The number of nitrogens with one attached hydrogen (secondary N) is 1. The van der Waals surface area contributed by atoms with E-state index < -0.39 is 10.0 Å². The van der Waals surface area contributed by atoms with Crippen LogP contribution in [0.25, 0.3) is 0 Å². The van der Waals surface area contributed by atoms with Gasteiger partial charge in [0, 0.05) is 44.4 Å². The van der Waals surface area contributed by atoms with E-state index in [0.717, 1.165) is 44.0 Å². The standard InChI is InChI=1S/C23H31N3O5S/c1-3-25-10-12-26(13-11-25)20(19-6-4-5-7-21(19)29-2)17-24-32(27,28)18-8-9-22-23(16-18)31-15-14-30-22/h4-9,16,20,24H,3,10-15,17H2,1-2H3/t20-/m1/s1. The first-order valence-corrected chi connectivity index (χ1v) is 12.5. The van der Waals surface area contributed by atoms with Gasteiger partial charge < -0.3 is 19.1 Å². The van der Waals surface area contributed by atoms with Gasteiger partial charge in [-0.05, 0) is 24.7 Å². The number of benzene rings is 2. The lowest BCUT2D eigenvalue weighted by atomic mass is 10.0. The lowest BCUT2D eigenvalue weighted by molar-refractivity contribution is 0.0993. The second-order valence-corrected chi connectivity index (χ2v) is 9.65. The smallest absolute Gasteiger partial charge is 0.240 e. The topological polar surface area (TPSA) is 80.3 Å². The first-order chi connectivity index (χ1) is 15.5. The van der Waals surface area contributed by atoms with Gasteiger partial charge in [-0.1, -0.05) is 25.1 Å². The number of sulfonamides is 1. The highest BCUT2D eigenvalue weighted by Crippen LogP contribution is 2.33. The summed E-state index contributed by atoms with van der Waals surface area (Å²) in [5.74, 6) is 1.78. The first-order valence-electron chi connectivity index (χ1n) is 11.0. The number of piperazine rings is 1. The lowest BCUT2D eigenvalue weighted by Gasteiger charge is -2.39. The van der Waals surface area contributed by atoms with Crippen molar-refractivity contribution in [3.63, 3.8) is 0 Å². The summed E-state index contributed by atoms with van der Waals surface area (Å²) in [5, 5.41) is 0. The Morgan fingerprint density at radius 2 is 1.75 bits per heavy atom. The van der Waals surface area contributed by atoms with Gasteiger partial charge in [-0.2, -0.15) is 0 Å². The number of hydrogen-bond donors (Lipinski definition) is 1. The minimum Gasteiger partial charge on any atom is -0.496 e. The monoisotopic (exact) mass is 461 g/mol. The van der Waals surface area contributed by atoms with Crippen LogP contribution in [0.1, 0.15) is 18.5 Å². The summed E-state index contributed by atoms with van der Waals surface area (Å²) in [6.07, 6.45) is 0. The van der Waals surface area contributed by atoms with Crippen molar-refractivity contribution in [2.75, 3.05) is 59.6 Å². The Balaban J connectivity index is 1.55. The highest BCUT2D eigenvalue weighted by atomic mass is 32.2. The minimum atomic E-state index is -3.73. The van der Waals surface area contributed by atoms with E-state index in [1.165, 1.54) is 6.07 Å². The van der Waals surface area contributed by atoms with Crippen molar-refractivity contribution in [3.05, 3.63) is 48.0 Å². The molecule has 1 saturated heterocycles. The predicted octanol–water partition coefficient (Wildman–Crippen LogP) is 2.12. The molecule has 2 heterocycles. The van der Waals surface area contributed by atoms with E-state index in [1.54, 1.807) is 19.2 Å². The molecule has 1 atom stereocenters. The molecule has 1 N–H and O–H groups in total. The summed E-state index contributed by atoms with van der Waals surface area (Å²) in [6, 6.07) is 12.4. The van der Waals surface area contributed by atoms with Gasteiger partial charge in [-0.25, -0.2) is 13.1 Å². The number of ether oxygens (including phenoxy) is 3. The average Bonchev–Trinajstić information content (AvgIpc) is 2.84. The van der Waals surface area contributed by atoms with E-state index >= 15 is 0 Å². The van der Waals surface area contributed by atoms with Crippen molar-refractivity contribution >= 4 is 10.0 Å². The molecule has 2 aromatic rings. The Labute approximate surface area is 190 Å². The summed E-state index contributed by atoms with van der Waals surface area (Å²) in [6.45, 7) is 7.92. The third-order valence-electron chi connectivity index (χ3n) is 6.08. The van der Waals surface area contributed by atoms with Crippen molar-refractivity contribution in [1.29, 1.82) is 0 Å². The van der Waals surface area contributed by atoms with Gasteiger partial charge in [0.2, 0.25) is 10.0 Å². The van der Waals surface area contributed by atoms with Crippen LogP contribution in [-0.2, 0) is 10.0 Å². The van der Waals surface area contributed by atoms with E-state index in [-0.39, 0.29) is 17.5 Å². The molecule has 0 bridgehead atoms. The Kier molecular flexibility index (Phi) is 7.20.